The summed E-state index contributed by atoms with van der Waals surface area (Å²) in [6, 6.07) is 7.41. The summed E-state index contributed by atoms with van der Waals surface area (Å²) in [6.07, 6.45) is 1.46. The first-order valence-corrected chi connectivity index (χ1v) is 8.84. The zero-order valence-electron chi connectivity index (χ0n) is 14.4. The molecule has 1 aromatic rings. The molecule has 2 fully saturated rings. The highest BCUT2D eigenvalue weighted by Crippen LogP contribution is 2.34. The minimum Gasteiger partial charge on any atom is -0.488 e. The third-order valence-electron chi connectivity index (χ3n) is 4.47. The third-order valence-corrected chi connectivity index (χ3v) is 4.47. The molecule has 0 aliphatic carbocycles. The average Bonchev–Trinajstić information content (AvgIpc) is 3.21. The molecule has 25 heavy (non-hydrogen) atoms. The lowest BCUT2D eigenvalue weighted by Gasteiger charge is -2.22. The number of benzene rings is 1. The number of rotatable bonds is 7. The van der Waals surface area contributed by atoms with Crippen molar-refractivity contribution in [1.29, 1.82) is 0 Å². The molecule has 2 heterocycles. The number of nitrogens with one attached hydrogen (secondary N) is 2. The second kappa shape index (κ2) is 8.47. The van der Waals surface area contributed by atoms with Crippen LogP contribution in [0.2, 0.25) is 0 Å². The molecule has 2 aliphatic rings. The maximum absolute atomic E-state index is 12.2. The number of guanidine groups is 1. The Labute approximate surface area is 146 Å². The highest BCUT2D eigenvalue weighted by Gasteiger charge is 2.41. The van der Waals surface area contributed by atoms with Gasteiger partial charge in [0.15, 0.2) is 5.96 Å². The average molecular weight is 353 g/mol. The Balaban J connectivity index is 1.58. The van der Waals surface area contributed by atoms with E-state index in [9.17, 15) is 8.78 Å². The lowest BCUT2D eigenvalue weighted by Crippen LogP contribution is -2.47. The van der Waals surface area contributed by atoms with Gasteiger partial charge in [0.1, 0.15) is 12.4 Å². The van der Waals surface area contributed by atoms with Crippen molar-refractivity contribution in [3.8, 4) is 5.75 Å². The molecule has 0 aromatic heterocycles. The van der Waals surface area contributed by atoms with E-state index in [2.05, 4.69) is 15.6 Å². The molecule has 0 radical (unpaired) electrons. The Morgan fingerprint density at radius 2 is 2.28 bits per heavy atom. The molecule has 1 aromatic carbocycles. The van der Waals surface area contributed by atoms with Gasteiger partial charge in [-0.05, 0) is 43.9 Å². The second-order valence-electron chi connectivity index (χ2n) is 6.41. The van der Waals surface area contributed by atoms with Crippen molar-refractivity contribution in [2.45, 2.75) is 57.4 Å². The van der Waals surface area contributed by atoms with Crippen molar-refractivity contribution in [2.24, 2.45) is 4.99 Å². The molecule has 0 saturated carbocycles. The fourth-order valence-electron chi connectivity index (χ4n) is 3.35. The zero-order valence-corrected chi connectivity index (χ0v) is 14.4. The third kappa shape index (κ3) is 5.04. The van der Waals surface area contributed by atoms with Gasteiger partial charge >= 0.3 is 0 Å². The van der Waals surface area contributed by atoms with Crippen LogP contribution in [-0.2, 0) is 11.3 Å². The van der Waals surface area contributed by atoms with Crippen LogP contribution in [0.25, 0.3) is 0 Å². The highest BCUT2D eigenvalue weighted by atomic mass is 19.3. The van der Waals surface area contributed by atoms with Crippen molar-refractivity contribution in [3.05, 3.63) is 29.8 Å². The fourth-order valence-corrected chi connectivity index (χ4v) is 3.35. The Bertz CT molecular complexity index is 597. The molecular formula is C18H25F2N3O2. The van der Waals surface area contributed by atoms with Gasteiger partial charge in [0, 0.05) is 6.54 Å². The van der Waals surface area contributed by atoms with Crippen molar-refractivity contribution < 1.29 is 18.3 Å². The van der Waals surface area contributed by atoms with Crippen LogP contribution >= 0.6 is 0 Å². The molecule has 3 rings (SSSR count). The second-order valence-corrected chi connectivity index (χ2v) is 6.41. The number of ether oxygens (including phenoxy) is 2. The monoisotopic (exact) mass is 353 g/mol. The zero-order chi connectivity index (χ0) is 17.6. The molecular weight excluding hydrogens is 328 g/mol. The molecule has 2 bridgehead atoms. The summed E-state index contributed by atoms with van der Waals surface area (Å²) in [7, 11) is 0. The maximum atomic E-state index is 12.2. The first-order valence-electron chi connectivity index (χ1n) is 8.84. The highest BCUT2D eigenvalue weighted by molar-refractivity contribution is 5.80. The van der Waals surface area contributed by atoms with E-state index in [0.717, 1.165) is 37.3 Å². The molecule has 2 saturated heterocycles. The van der Waals surface area contributed by atoms with Gasteiger partial charge in [-0.2, -0.15) is 0 Å². The molecule has 7 heteroatoms. The van der Waals surface area contributed by atoms with E-state index in [0.29, 0.717) is 24.4 Å². The number of halogens is 2. The van der Waals surface area contributed by atoms with Crippen LogP contribution in [0.15, 0.2) is 29.3 Å². The van der Waals surface area contributed by atoms with Gasteiger partial charge in [-0.25, -0.2) is 13.8 Å². The Kier molecular flexibility index (Phi) is 6.07. The SMILES string of the molecule is CCNC(=NCc1cccc(OCC(F)F)c1)NC1CC2CCC1O2. The van der Waals surface area contributed by atoms with E-state index in [1.54, 1.807) is 18.2 Å². The summed E-state index contributed by atoms with van der Waals surface area (Å²) in [4.78, 5) is 4.60. The van der Waals surface area contributed by atoms with Crippen LogP contribution in [-0.4, -0.2) is 43.8 Å². The molecule has 5 nitrogen and oxygen atoms in total. The molecule has 0 amide bonds. The number of alkyl halides is 2. The predicted molar refractivity (Wildman–Crippen MR) is 92.2 cm³/mol. The largest absolute Gasteiger partial charge is 0.488 e. The van der Waals surface area contributed by atoms with Gasteiger partial charge in [-0.3, -0.25) is 0 Å². The van der Waals surface area contributed by atoms with Gasteiger partial charge in [0.2, 0.25) is 0 Å². The van der Waals surface area contributed by atoms with Crippen LogP contribution in [0.1, 0.15) is 31.7 Å². The lowest BCUT2D eigenvalue weighted by atomic mass is 9.96. The van der Waals surface area contributed by atoms with Crippen LogP contribution in [0.4, 0.5) is 8.78 Å². The van der Waals surface area contributed by atoms with Crippen molar-refractivity contribution in [2.75, 3.05) is 13.2 Å². The number of nitrogens with zero attached hydrogens (tertiary/aromatic N) is 1. The Morgan fingerprint density at radius 3 is 2.96 bits per heavy atom. The Morgan fingerprint density at radius 1 is 1.40 bits per heavy atom. The van der Waals surface area contributed by atoms with Crippen molar-refractivity contribution in [1.82, 2.24) is 10.6 Å². The number of hydrogen-bond acceptors (Lipinski definition) is 3. The summed E-state index contributed by atoms with van der Waals surface area (Å²) >= 11 is 0. The van der Waals surface area contributed by atoms with Gasteiger partial charge in [-0.15, -0.1) is 0 Å². The van der Waals surface area contributed by atoms with Crippen LogP contribution in [0, 0.1) is 0 Å². The standard InChI is InChI=1S/C18H25F2N3O2/c1-2-21-18(23-15-9-14-6-7-16(15)25-14)22-10-12-4-3-5-13(8-12)24-11-17(19)20/h3-5,8,14-17H,2,6-7,9-11H2,1H3,(H2,21,22,23). The normalized spacial score (nSPS) is 25.4. The van der Waals surface area contributed by atoms with Crippen LogP contribution < -0.4 is 15.4 Å². The van der Waals surface area contributed by atoms with Gasteiger partial charge in [0.05, 0.1) is 24.8 Å². The number of aliphatic imine (C=N–C) groups is 1. The molecule has 2 aliphatic heterocycles. The van der Waals surface area contributed by atoms with E-state index in [4.69, 9.17) is 9.47 Å². The van der Waals surface area contributed by atoms with Crippen LogP contribution in [0.5, 0.6) is 5.75 Å². The molecule has 138 valence electrons. The molecule has 2 N–H and O–H groups in total. The summed E-state index contributed by atoms with van der Waals surface area (Å²) in [5.41, 5.74) is 0.910. The first kappa shape index (κ1) is 17.9. The summed E-state index contributed by atoms with van der Waals surface area (Å²) < 4.78 is 35.4. The van der Waals surface area contributed by atoms with E-state index in [-0.39, 0.29) is 6.10 Å². The minimum atomic E-state index is -2.48. The van der Waals surface area contributed by atoms with E-state index in [1.807, 2.05) is 13.0 Å². The summed E-state index contributed by atoms with van der Waals surface area (Å²) in [5.74, 6) is 1.19. The molecule has 3 atom stereocenters. The molecule has 0 spiro atoms. The predicted octanol–water partition coefficient (Wildman–Crippen LogP) is 2.71. The Hall–Kier alpha value is -1.89. The van der Waals surface area contributed by atoms with Crippen molar-refractivity contribution in [3.63, 3.8) is 0 Å². The quantitative estimate of drug-likeness (QED) is 0.585. The smallest absolute Gasteiger partial charge is 0.272 e. The molecule has 3 unspecified atom stereocenters. The summed E-state index contributed by atoms with van der Waals surface area (Å²) in [6.45, 7) is 2.64. The van der Waals surface area contributed by atoms with Gasteiger partial charge < -0.3 is 20.1 Å². The minimum absolute atomic E-state index is 0.278. The van der Waals surface area contributed by atoms with Crippen LogP contribution in [0.3, 0.4) is 0 Å². The van der Waals surface area contributed by atoms with Gasteiger partial charge in [-0.1, -0.05) is 12.1 Å². The van der Waals surface area contributed by atoms with Crippen molar-refractivity contribution >= 4 is 5.96 Å². The van der Waals surface area contributed by atoms with E-state index < -0.39 is 13.0 Å². The fraction of sp³-hybridized carbons (Fsp3) is 0.611. The number of hydrogen-bond donors (Lipinski definition) is 2. The van der Waals surface area contributed by atoms with E-state index in [1.165, 1.54) is 0 Å². The number of fused-ring (bicyclic) bond motifs is 2. The summed E-state index contributed by atoms with van der Waals surface area (Å²) in [5, 5.41) is 6.70. The first-order chi connectivity index (χ1) is 12.1. The topological polar surface area (TPSA) is 54.9 Å². The maximum Gasteiger partial charge on any atom is 0.272 e. The van der Waals surface area contributed by atoms with Gasteiger partial charge in [0.25, 0.3) is 6.43 Å². The lowest BCUT2D eigenvalue weighted by molar-refractivity contribution is 0.0818. The van der Waals surface area contributed by atoms with E-state index >= 15 is 0 Å².